The molecule has 0 aliphatic carbocycles. The lowest BCUT2D eigenvalue weighted by Gasteiger charge is -2.03. The minimum Gasteiger partial charge on any atom is -0.360 e. The van der Waals surface area contributed by atoms with E-state index in [0.717, 1.165) is 5.56 Å². The van der Waals surface area contributed by atoms with E-state index in [9.17, 15) is 9.18 Å². The summed E-state index contributed by atoms with van der Waals surface area (Å²) in [4.78, 5) is 15.3. The van der Waals surface area contributed by atoms with Gasteiger partial charge in [0.2, 0.25) is 0 Å². The molecule has 1 N–H and O–H groups in total. The van der Waals surface area contributed by atoms with Gasteiger partial charge in [-0.3, -0.25) is 4.79 Å². The Morgan fingerprint density at radius 2 is 1.90 bits per heavy atom. The zero-order valence-corrected chi connectivity index (χ0v) is 12.3. The summed E-state index contributed by atoms with van der Waals surface area (Å²) in [6.07, 6.45) is 1.81. The third-order valence-corrected chi connectivity index (χ3v) is 4.03. The number of H-pyrrole nitrogens is 1. The number of hydrogen-bond donors (Lipinski definition) is 1. The van der Waals surface area contributed by atoms with Crippen LogP contribution < -0.4 is 0 Å². The van der Waals surface area contributed by atoms with Gasteiger partial charge in [0.1, 0.15) is 5.82 Å². The molecular weight excluding hydrogens is 312 g/mol. The van der Waals surface area contributed by atoms with Crippen LogP contribution in [0.2, 0.25) is 10.0 Å². The molecule has 0 unspecified atom stereocenters. The first-order valence-electron chi connectivity index (χ1n) is 6.28. The maximum Gasteiger partial charge on any atom is 0.169 e. The molecule has 3 rings (SSSR count). The highest BCUT2D eigenvalue weighted by Crippen LogP contribution is 2.25. The average molecular weight is 322 g/mol. The van der Waals surface area contributed by atoms with Crippen molar-refractivity contribution in [1.29, 1.82) is 0 Å². The molecule has 0 bridgehead atoms. The molecule has 0 atom stereocenters. The van der Waals surface area contributed by atoms with Crippen LogP contribution in [0.4, 0.5) is 4.39 Å². The minimum atomic E-state index is -0.340. The third-order valence-electron chi connectivity index (χ3n) is 3.29. The molecule has 0 spiro atoms. The molecule has 5 heteroatoms. The lowest BCUT2D eigenvalue weighted by Crippen LogP contribution is -2.02. The van der Waals surface area contributed by atoms with Crippen molar-refractivity contribution in [1.82, 2.24) is 4.98 Å². The fraction of sp³-hybridized carbons (Fsp3) is 0.0625. The molecule has 0 fully saturated rings. The van der Waals surface area contributed by atoms with Crippen LogP contribution in [0, 0.1) is 5.82 Å². The van der Waals surface area contributed by atoms with Crippen molar-refractivity contribution in [2.24, 2.45) is 0 Å². The number of rotatable bonds is 3. The molecule has 0 amide bonds. The zero-order chi connectivity index (χ0) is 15.0. The molecular formula is C16H10Cl2FNO. The first kappa shape index (κ1) is 14.1. The van der Waals surface area contributed by atoms with Crippen molar-refractivity contribution in [2.75, 3.05) is 0 Å². The maximum atomic E-state index is 13.1. The van der Waals surface area contributed by atoms with E-state index in [1.165, 1.54) is 12.1 Å². The highest BCUT2D eigenvalue weighted by Gasteiger charge is 2.13. The lowest BCUT2D eigenvalue weighted by atomic mass is 10.0. The van der Waals surface area contributed by atoms with Gasteiger partial charge in [-0.2, -0.15) is 0 Å². The van der Waals surface area contributed by atoms with E-state index in [1.807, 2.05) is 0 Å². The predicted octanol–water partition coefficient (Wildman–Crippen LogP) is 5.04. The summed E-state index contributed by atoms with van der Waals surface area (Å²) in [5.74, 6) is -0.404. The van der Waals surface area contributed by atoms with Gasteiger partial charge in [-0.25, -0.2) is 4.39 Å². The second kappa shape index (κ2) is 5.51. The number of halogens is 3. The summed E-state index contributed by atoms with van der Waals surface area (Å²) in [5.41, 5.74) is 1.93. The van der Waals surface area contributed by atoms with Crippen molar-refractivity contribution >= 4 is 39.9 Å². The van der Waals surface area contributed by atoms with E-state index in [2.05, 4.69) is 4.98 Å². The first-order chi connectivity index (χ1) is 10.0. The number of benzene rings is 2. The Morgan fingerprint density at radius 1 is 1.10 bits per heavy atom. The Balaban J connectivity index is 1.91. The normalized spacial score (nSPS) is 11.0. The van der Waals surface area contributed by atoms with Crippen LogP contribution >= 0.6 is 23.2 Å². The standard InChI is InChI=1S/C16H10Cl2FNO/c17-13-4-1-9(5-14(13)18)6-16(21)12-8-20-15-7-10(19)2-3-11(12)15/h1-5,7-8,20H,6H2. The smallest absolute Gasteiger partial charge is 0.169 e. The van der Waals surface area contributed by atoms with Gasteiger partial charge in [0.05, 0.1) is 10.0 Å². The third kappa shape index (κ3) is 2.80. The van der Waals surface area contributed by atoms with E-state index in [-0.39, 0.29) is 18.0 Å². The number of aromatic nitrogens is 1. The van der Waals surface area contributed by atoms with Crippen LogP contribution in [0.15, 0.2) is 42.6 Å². The Kier molecular flexibility index (Phi) is 3.70. The van der Waals surface area contributed by atoms with Crippen molar-refractivity contribution < 1.29 is 9.18 Å². The topological polar surface area (TPSA) is 32.9 Å². The number of ketones is 1. The second-order valence-electron chi connectivity index (χ2n) is 4.74. The monoisotopic (exact) mass is 321 g/mol. The molecule has 21 heavy (non-hydrogen) atoms. The molecule has 106 valence electrons. The molecule has 0 radical (unpaired) electrons. The van der Waals surface area contributed by atoms with Crippen LogP contribution in [-0.2, 0) is 6.42 Å². The van der Waals surface area contributed by atoms with Gasteiger partial charge in [-0.15, -0.1) is 0 Å². The van der Waals surface area contributed by atoms with Crippen LogP contribution in [0.3, 0.4) is 0 Å². The van der Waals surface area contributed by atoms with E-state index in [1.54, 1.807) is 30.5 Å². The van der Waals surface area contributed by atoms with Gasteiger partial charge in [-0.05, 0) is 35.9 Å². The quantitative estimate of drug-likeness (QED) is 0.673. The first-order valence-corrected chi connectivity index (χ1v) is 7.04. The minimum absolute atomic E-state index is 0.0637. The van der Waals surface area contributed by atoms with Crippen molar-refractivity contribution in [2.45, 2.75) is 6.42 Å². The van der Waals surface area contributed by atoms with E-state index in [4.69, 9.17) is 23.2 Å². The highest BCUT2D eigenvalue weighted by molar-refractivity contribution is 6.42. The Labute approximate surface area is 130 Å². The molecule has 2 nitrogen and oxygen atoms in total. The van der Waals surface area contributed by atoms with E-state index < -0.39 is 0 Å². The van der Waals surface area contributed by atoms with Gasteiger partial charge in [0, 0.05) is 29.1 Å². The van der Waals surface area contributed by atoms with Gasteiger partial charge in [-0.1, -0.05) is 29.3 Å². The van der Waals surface area contributed by atoms with Crippen molar-refractivity contribution in [3.05, 3.63) is 69.6 Å². The number of Topliss-reactive ketones (excluding diaryl/α,β-unsaturated/α-hetero) is 1. The highest BCUT2D eigenvalue weighted by atomic mass is 35.5. The van der Waals surface area contributed by atoms with Gasteiger partial charge < -0.3 is 4.98 Å². The summed E-state index contributed by atoms with van der Waals surface area (Å²) >= 11 is 11.8. The number of fused-ring (bicyclic) bond motifs is 1. The molecule has 0 aliphatic heterocycles. The number of hydrogen-bond acceptors (Lipinski definition) is 1. The largest absolute Gasteiger partial charge is 0.360 e. The van der Waals surface area contributed by atoms with Gasteiger partial charge in [0.15, 0.2) is 5.78 Å². The number of nitrogens with one attached hydrogen (secondary N) is 1. The molecule has 3 aromatic rings. The summed E-state index contributed by atoms with van der Waals surface area (Å²) in [7, 11) is 0. The number of carbonyl (C=O) groups excluding carboxylic acids is 1. The second-order valence-corrected chi connectivity index (χ2v) is 5.56. The molecule has 2 aromatic carbocycles. The predicted molar refractivity (Wildman–Crippen MR) is 82.8 cm³/mol. The fourth-order valence-corrected chi connectivity index (χ4v) is 2.58. The molecule has 0 saturated heterocycles. The summed E-state index contributed by atoms with van der Waals surface area (Å²) in [6.45, 7) is 0. The Morgan fingerprint density at radius 3 is 2.67 bits per heavy atom. The fourth-order valence-electron chi connectivity index (χ4n) is 2.26. The van der Waals surface area contributed by atoms with Crippen LogP contribution in [0.1, 0.15) is 15.9 Å². The van der Waals surface area contributed by atoms with E-state index >= 15 is 0 Å². The molecule has 0 aliphatic rings. The zero-order valence-electron chi connectivity index (χ0n) is 10.8. The Bertz CT molecular complexity index is 841. The number of carbonyl (C=O) groups is 1. The van der Waals surface area contributed by atoms with Crippen molar-refractivity contribution in [3.8, 4) is 0 Å². The molecule has 1 aromatic heterocycles. The summed E-state index contributed by atoms with van der Waals surface area (Å²) in [6, 6.07) is 9.41. The lowest BCUT2D eigenvalue weighted by molar-refractivity contribution is 0.0994. The summed E-state index contributed by atoms with van der Waals surface area (Å²) < 4.78 is 13.1. The van der Waals surface area contributed by atoms with Gasteiger partial charge in [0.25, 0.3) is 0 Å². The Hall–Kier alpha value is -1.84. The molecule has 1 heterocycles. The van der Waals surface area contributed by atoms with Crippen molar-refractivity contribution in [3.63, 3.8) is 0 Å². The van der Waals surface area contributed by atoms with Crippen LogP contribution in [0.25, 0.3) is 10.9 Å². The van der Waals surface area contributed by atoms with Crippen LogP contribution in [-0.4, -0.2) is 10.8 Å². The summed E-state index contributed by atoms with van der Waals surface area (Å²) in [5, 5.41) is 1.58. The average Bonchev–Trinajstić information content (AvgIpc) is 2.85. The molecule has 0 saturated carbocycles. The SMILES string of the molecule is O=C(Cc1ccc(Cl)c(Cl)c1)c1c[nH]c2cc(F)ccc12. The van der Waals surface area contributed by atoms with Gasteiger partial charge >= 0.3 is 0 Å². The van der Waals surface area contributed by atoms with Crippen LogP contribution in [0.5, 0.6) is 0 Å². The number of aromatic amines is 1. The van der Waals surface area contributed by atoms with E-state index in [0.29, 0.717) is 26.5 Å². The maximum absolute atomic E-state index is 13.1.